The number of nitrogens with zero attached hydrogens (tertiary/aromatic N) is 2. The summed E-state index contributed by atoms with van der Waals surface area (Å²) in [6.45, 7) is 1.91. The Morgan fingerprint density at radius 1 is 0.959 bits per heavy atom. The fraction of sp³-hybridized carbons (Fsp3) is 0.639. The van der Waals surface area contributed by atoms with Crippen molar-refractivity contribution in [2.75, 3.05) is 13.2 Å². The third-order valence-electron chi connectivity index (χ3n) is 8.79. The molecule has 272 valence electrons. The van der Waals surface area contributed by atoms with Crippen LogP contribution in [-0.4, -0.2) is 58.9 Å². The molecule has 49 heavy (non-hydrogen) atoms. The summed E-state index contributed by atoms with van der Waals surface area (Å²) in [6, 6.07) is 13.4. The Bertz CT molecular complexity index is 1350. The number of unbranched alkanes of at least 4 members (excludes halogenated alkanes) is 15. The molecular formula is C36H56N5O7P. The second-order valence-electron chi connectivity index (χ2n) is 12.7. The van der Waals surface area contributed by atoms with E-state index in [-0.39, 0.29) is 23.9 Å². The number of aliphatic hydroxyl groups is 2. The van der Waals surface area contributed by atoms with Crippen LogP contribution in [0, 0.1) is 16.7 Å². The number of hydrogen-bond donors (Lipinski definition) is 5. The number of aromatic amines is 1. The predicted octanol–water partition coefficient (Wildman–Crippen LogP) is 7.65. The number of hydrogen-bond acceptors (Lipinski definition) is 9. The highest BCUT2D eigenvalue weighted by Gasteiger charge is 2.57. The van der Waals surface area contributed by atoms with Crippen LogP contribution in [0.15, 0.2) is 47.5 Å². The summed E-state index contributed by atoms with van der Waals surface area (Å²) < 4.78 is 36.6. The lowest BCUT2D eigenvalue weighted by Crippen LogP contribution is -2.40. The van der Waals surface area contributed by atoms with Crippen molar-refractivity contribution < 1.29 is 33.1 Å². The van der Waals surface area contributed by atoms with E-state index in [1.165, 1.54) is 89.2 Å². The highest BCUT2D eigenvalue weighted by atomic mass is 31.2. The van der Waals surface area contributed by atoms with Gasteiger partial charge in [0.25, 0.3) is 0 Å². The van der Waals surface area contributed by atoms with Gasteiger partial charge >= 0.3 is 7.82 Å². The number of nitrogens with one attached hydrogen (secondary N) is 2. The molecule has 5 unspecified atom stereocenters. The van der Waals surface area contributed by atoms with Crippen LogP contribution in [0.1, 0.15) is 121 Å². The van der Waals surface area contributed by atoms with Crippen LogP contribution < -0.4 is 10.3 Å². The second-order valence-corrected chi connectivity index (χ2v) is 14.2. The van der Waals surface area contributed by atoms with Crippen LogP contribution in [0.5, 0.6) is 5.75 Å². The summed E-state index contributed by atoms with van der Waals surface area (Å²) >= 11 is 0. The van der Waals surface area contributed by atoms with Gasteiger partial charge in [0, 0.05) is 0 Å². The molecule has 1 aromatic carbocycles. The summed E-state index contributed by atoms with van der Waals surface area (Å²) in [5, 5.41) is 38.9. The Morgan fingerprint density at radius 2 is 1.53 bits per heavy atom. The average molecular weight is 702 g/mol. The minimum atomic E-state index is -4.19. The van der Waals surface area contributed by atoms with Gasteiger partial charge in [-0.2, -0.15) is 5.26 Å². The summed E-state index contributed by atoms with van der Waals surface area (Å²) in [5.74, 6) is 0.267. The maximum atomic E-state index is 13.7. The SMILES string of the molecule is CCCCCCCCCCCCCCCCCCOP(=O)(OCC1OC(C#N)(c2ccc(C(N)=NC=N)[nH]2)C(O)C1O)Oc1ccccc1. The van der Waals surface area contributed by atoms with Gasteiger partial charge in [0.15, 0.2) is 0 Å². The Balaban J connectivity index is 1.43. The molecule has 12 nitrogen and oxygen atoms in total. The molecule has 1 aliphatic heterocycles. The van der Waals surface area contributed by atoms with Crippen molar-refractivity contribution in [1.82, 2.24) is 4.98 Å². The molecule has 1 aliphatic rings. The van der Waals surface area contributed by atoms with E-state index < -0.39 is 38.3 Å². The van der Waals surface area contributed by atoms with Crippen molar-refractivity contribution in [3.05, 3.63) is 53.9 Å². The highest BCUT2D eigenvalue weighted by Crippen LogP contribution is 2.51. The normalized spacial score (nSPS) is 22.1. The number of nitrogens with two attached hydrogens (primary N) is 1. The fourth-order valence-electron chi connectivity index (χ4n) is 5.92. The Kier molecular flexibility index (Phi) is 18.1. The zero-order valence-electron chi connectivity index (χ0n) is 28.9. The molecule has 3 rings (SSSR count). The molecule has 2 heterocycles. The average Bonchev–Trinajstić information content (AvgIpc) is 3.70. The van der Waals surface area contributed by atoms with Crippen LogP contribution in [0.3, 0.4) is 0 Å². The molecular weight excluding hydrogens is 645 g/mol. The molecule has 0 radical (unpaired) electrons. The predicted molar refractivity (Wildman–Crippen MR) is 191 cm³/mol. The molecule has 1 aromatic heterocycles. The summed E-state index contributed by atoms with van der Waals surface area (Å²) in [7, 11) is -4.19. The first kappa shape index (κ1) is 40.4. The lowest BCUT2D eigenvalue weighted by molar-refractivity contribution is -0.0629. The fourth-order valence-corrected chi connectivity index (χ4v) is 7.16. The van der Waals surface area contributed by atoms with Gasteiger partial charge in [0.2, 0.25) is 5.60 Å². The molecule has 0 spiro atoms. The first-order valence-corrected chi connectivity index (χ1v) is 19.4. The van der Waals surface area contributed by atoms with E-state index in [0.29, 0.717) is 12.1 Å². The highest BCUT2D eigenvalue weighted by molar-refractivity contribution is 7.48. The van der Waals surface area contributed by atoms with E-state index in [4.69, 9.17) is 29.5 Å². The van der Waals surface area contributed by atoms with E-state index in [1.807, 2.05) is 6.07 Å². The van der Waals surface area contributed by atoms with E-state index in [1.54, 1.807) is 30.3 Å². The minimum absolute atomic E-state index is 0.0113. The van der Waals surface area contributed by atoms with Crippen LogP contribution in [0.25, 0.3) is 0 Å². The van der Waals surface area contributed by atoms with Gasteiger partial charge < -0.3 is 30.2 Å². The number of phosphoric ester groups is 1. The summed E-state index contributed by atoms with van der Waals surface area (Å²) in [6.07, 6.45) is 16.0. The minimum Gasteiger partial charge on any atom is -0.404 e. The van der Waals surface area contributed by atoms with Crippen molar-refractivity contribution in [1.29, 1.82) is 10.7 Å². The number of nitriles is 1. The zero-order chi connectivity index (χ0) is 35.4. The topological polar surface area (TPSA) is 196 Å². The number of phosphoric acid groups is 1. The quantitative estimate of drug-likeness (QED) is 0.0283. The largest absolute Gasteiger partial charge is 0.530 e. The monoisotopic (exact) mass is 701 g/mol. The molecule has 13 heteroatoms. The van der Waals surface area contributed by atoms with Crippen LogP contribution in [-0.2, 0) is 24.0 Å². The maximum Gasteiger partial charge on any atom is 0.530 e. The van der Waals surface area contributed by atoms with Gasteiger partial charge in [-0.3, -0.25) is 14.5 Å². The van der Waals surface area contributed by atoms with Gasteiger partial charge in [0.05, 0.1) is 24.6 Å². The first-order chi connectivity index (χ1) is 23.8. The van der Waals surface area contributed by atoms with Gasteiger partial charge in [-0.25, -0.2) is 9.56 Å². The molecule has 0 aliphatic carbocycles. The third kappa shape index (κ3) is 13.0. The molecule has 0 amide bonds. The number of aromatic nitrogens is 1. The van der Waals surface area contributed by atoms with E-state index >= 15 is 0 Å². The summed E-state index contributed by atoms with van der Waals surface area (Å²) in [5.41, 5.74) is 4.23. The van der Waals surface area contributed by atoms with Gasteiger partial charge in [-0.05, 0) is 30.7 Å². The van der Waals surface area contributed by atoms with Crippen molar-refractivity contribution in [2.24, 2.45) is 10.7 Å². The van der Waals surface area contributed by atoms with Crippen LogP contribution in [0.4, 0.5) is 0 Å². The number of benzene rings is 1. The van der Waals surface area contributed by atoms with E-state index in [9.17, 15) is 20.0 Å². The van der Waals surface area contributed by atoms with Crippen molar-refractivity contribution >= 4 is 20.0 Å². The third-order valence-corrected chi connectivity index (χ3v) is 10.2. The molecule has 1 saturated heterocycles. The lowest BCUT2D eigenvalue weighted by atomic mass is 9.93. The standard InChI is InChI=1S/C36H56N5O7P/c1-2-3-4-5-6-7-8-9-10-11-12-13-14-15-16-20-25-45-49(44,48-29-21-18-17-19-22-29)46-26-31-33(42)34(43)36(27-37,47-31)32-24-23-30(41-32)35(39)40-28-38/h17-19,21-24,28,31,33-34,41-43H,2-16,20,25-26H2,1H3,(H3,38,39,40). The first-order valence-electron chi connectivity index (χ1n) is 17.9. The lowest BCUT2D eigenvalue weighted by Gasteiger charge is -2.24. The second kappa shape index (κ2) is 21.9. The Hall–Kier alpha value is -3.04. The number of amidine groups is 1. The van der Waals surface area contributed by atoms with Gasteiger partial charge in [0.1, 0.15) is 42.3 Å². The summed E-state index contributed by atoms with van der Waals surface area (Å²) in [4.78, 5) is 6.55. The van der Waals surface area contributed by atoms with Crippen molar-refractivity contribution in [3.63, 3.8) is 0 Å². The molecule has 0 bridgehead atoms. The number of aliphatic imine (C=N–C) groups is 1. The molecule has 0 saturated carbocycles. The molecule has 2 aromatic rings. The van der Waals surface area contributed by atoms with E-state index in [0.717, 1.165) is 25.6 Å². The maximum absolute atomic E-state index is 13.7. The number of aliphatic hydroxyl groups excluding tert-OH is 2. The number of para-hydroxylation sites is 1. The smallest absolute Gasteiger partial charge is 0.404 e. The van der Waals surface area contributed by atoms with E-state index in [2.05, 4.69) is 16.9 Å². The van der Waals surface area contributed by atoms with Crippen molar-refractivity contribution in [2.45, 2.75) is 134 Å². The number of rotatable bonds is 26. The van der Waals surface area contributed by atoms with Gasteiger partial charge in [-0.1, -0.05) is 121 Å². The molecule has 1 fully saturated rings. The van der Waals surface area contributed by atoms with Crippen LogP contribution >= 0.6 is 7.82 Å². The molecule has 5 atom stereocenters. The van der Waals surface area contributed by atoms with Gasteiger partial charge in [-0.15, -0.1) is 0 Å². The zero-order valence-corrected chi connectivity index (χ0v) is 29.8. The Morgan fingerprint density at radius 3 is 2.08 bits per heavy atom. The number of H-pyrrole nitrogens is 1. The van der Waals surface area contributed by atoms with Crippen molar-refractivity contribution in [3.8, 4) is 11.8 Å². The molecule has 6 N–H and O–H groups in total. The number of ether oxygens (including phenoxy) is 1. The Labute approximate surface area is 291 Å². The van der Waals surface area contributed by atoms with Crippen LogP contribution in [0.2, 0.25) is 0 Å².